The van der Waals surface area contributed by atoms with Gasteiger partial charge in [-0.1, -0.05) is 41.2 Å². The van der Waals surface area contributed by atoms with Gasteiger partial charge in [0.25, 0.3) is 0 Å². The molecule has 0 fully saturated rings. The molecule has 1 N–H and O–H groups in total. The van der Waals surface area contributed by atoms with Gasteiger partial charge in [-0.05, 0) is 26.0 Å². The number of hydrogen-bond donors (Lipinski definition) is 1. The Morgan fingerprint density at radius 2 is 1.95 bits per heavy atom. The summed E-state index contributed by atoms with van der Waals surface area (Å²) in [5.41, 5.74) is 3.66. The number of nitrogens with zero attached hydrogens (tertiary/aromatic N) is 3. The van der Waals surface area contributed by atoms with E-state index >= 15 is 0 Å². The molecule has 108 valence electrons. The second-order valence-corrected chi connectivity index (χ2v) is 5.89. The first-order valence-electron chi connectivity index (χ1n) is 6.98. The lowest BCUT2D eigenvalue weighted by atomic mass is 10.1. The smallest absolute Gasteiger partial charge is 0.134 e. The van der Waals surface area contributed by atoms with E-state index in [0.29, 0.717) is 0 Å². The van der Waals surface area contributed by atoms with Crippen LogP contribution >= 0.6 is 11.5 Å². The van der Waals surface area contributed by atoms with Gasteiger partial charge >= 0.3 is 0 Å². The standard InChI is InChI=1S/C15H22N4S/c1-4-9-16-15-14(17-18-20-15)11-19(3)10-13-7-5-12(2)6-8-13/h5-8,16H,4,9-11H2,1-3H3. The maximum atomic E-state index is 4.23. The number of aryl methyl sites for hydroxylation is 1. The Morgan fingerprint density at radius 3 is 2.65 bits per heavy atom. The summed E-state index contributed by atoms with van der Waals surface area (Å²) >= 11 is 1.44. The molecular weight excluding hydrogens is 268 g/mol. The molecule has 0 spiro atoms. The van der Waals surface area contributed by atoms with Crippen LogP contribution in [0.3, 0.4) is 0 Å². The number of aromatic nitrogens is 2. The third-order valence-corrected chi connectivity index (χ3v) is 3.81. The van der Waals surface area contributed by atoms with Crippen LogP contribution in [-0.4, -0.2) is 28.1 Å². The molecule has 0 aliphatic heterocycles. The van der Waals surface area contributed by atoms with Gasteiger partial charge in [0.1, 0.15) is 10.7 Å². The lowest BCUT2D eigenvalue weighted by Gasteiger charge is -2.16. The molecule has 0 saturated heterocycles. The zero-order chi connectivity index (χ0) is 14.4. The van der Waals surface area contributed by atoms with E-state index in [4.69, 9.17) is 0 Å². The van der Waals surface area contributed by atoms with Crippen molar-refractivity contribution in [3.05, 3.63) is 41.1 Å². The van der Waals surface area contributed by atoms with Crippen molar-refractivity contribution in [3.8, 4) is 0 Å². The molecule has 1 heterocycles. The van der Waals surface area contributed by atoms with Crippen LogP contribution in [0.1, 0.15) is 30.2 Å². The Hall–Kier alpha value is -1.46. The van der Waals surface area contributed by atoms with Gasteiger partial charge in [0.15, 0.2) is 0 Å². The SMILES string of the molecule is CCCNc1snnc1CN(C)Cc1ccc(C)cc1. The fourth-order valence-corrected chi connectivity index (χ4v) is 2.60. The van der Waals surface area contributed by atoms with E-state index < -0.39 is 0 Å². The highest BCUT2D eigenvalue weighted by Crippen LogP contribution is 2.19. The molecule has 1 aromatic heterocycles. The van der Waals surface area contributed by atoms with E-state index in [-0.39, 0.29) is 0 Å². The average Bonchev–Trinajstić information content (AvgIpc) is 2.86. The van der Waals surface area contributed by atoms with Crippen LogP contribution in [0.25, 0.3) is 0 Å². The predicted molar refractivity (Wildman–Crippen MR) is 85.0 cm³/mol. The van der Waals surface area contributed by atoms with Crippen molar-refractivity contribution in [2.75, 3.05) is 18.9 Å². The number of nitrogens with one attached hydrogen (secondary N) is 1. The summed E-state index contributed by atoms with van der Waals surface area (Å²) in [6, 6.07) is 8.67. The number of anilines is 1. The lowest BCUT2D eigenvalue weighted by Crippen LogP contribution is -2.18. The molecule has 0 bridgehead atoms. The molecule has 0 saturated carbocycles. The highest BCUT2D eigenvalue weighted by molar-refractivity contribution is 7.10. The van der Waals surface area contributed by atoms with Crippen molar-refractivity contribution in [1.29, 1.82) is 0 Å². The minimum absolute atomic E-state index is 0.816. The van der Waals surface area contributed by atoms with E-state index in [1.807, 2.05) is 0 Å². The van der Waals surface area contributed by atoms with Gasteiger partial charge in [0.2, 0.25) is 0 Å². The third-order valence-electron chi connectivity index (χ3n) is 3.08. The molecule has 1 aromatic carbocycles. The Kier molecular flexibility index (Phi) is 5.49. The number of hydrogen-bond acceptors (Lipinski definition) is 5. The van der Waals surface area contributed by atoms with Crippen LogP contribution in [0, 0.1) is 6.92 Å². The van der Waals surface area contributed by atoms with E-state index in [9.17, 15) is 0 Å². The lowest BCUT2D eigenvalue weighted by molar-refractivity contribution is 0.315. The van der Waals surface area contributed by atoms with Crippen LogP contribution in [0.15, 0.2) is 24.3 Å². The predicted octanol–water partition coefficient (Wildman–Crippen LogP) is 3.30. The first-order chi connectivity index (χ1) is 9.69. The summed E-state index contributed by atoms with van der Waals surface area (Å²) < 4.78 is 4.05. The normalized spacial score (nSPS) is 11.0. The van der Waals surface area contributed by atoms with Crippen LogP contribution in [0.4, 0.5) is 5.00 Å². The Balaban J connectivity index is 1.92. The molecule has 4 nitrogen and oxygen atoms in total. The van der Waals surface area contributed by atoms with Crippen molar-refractivity contribution in [3.63, 3.8) is 0 Å². The first-order valence-corrected chi connectivity index (χ1v) is 7.75. The second-order valence-electron chi connectivity index (χ2n) is 5.13. The van der Waals surface area contributed by atoms with Gasteiger partial charge in [-0.2, -0.15) is 0 Å². The molecule has 5 heteroatoms. The molecule has 0 aliphatic carbocycles. The maximum Gasteiger partial charge on any atom is 0.134 e. The molecule has 0 radical (unpaired) electrons. The topological polar surface area (TPSA) is 41.1 Å². The molecular formula is C15H22N4S. The fraction of sp³-hybridized carbons (Fsp3) is 0.467. The van der Waals surface area contributed by atoms with Gasteiger partial charge in [-0.3, -0.25) is 4.90 Å². The molecule has 2 rings (SSSR count). The maximum absolute atomic E-state index is 4.23. The van der Waals surface area contributed by atoms with E-state index in [1.165, 1.54) is 22.7 Å². The summed E-state index contributed by atoms with van der Waals surface area (Å²) in [6.45, 7) is 6.98. The highest BCUT2D eigenvalue weighted by atomic mass is 32.1. The van der Waals surface area contributed by atoms with Crippen LogP contribution < -0.4 is 5.32 Å². The molecule has 0 amide bonds. The largest absolute Gasteiger partial charge is 0.374 e. The van der Waals surface area contributed by atoms with Crippen molar-refractivity contribution in [1.82, 2.24) is 14.5 Å². The highest BCUT2D eigenvalue weighted by Gasteiger charge is 2.10. The van der Waals surface area contributed by atoms with Crippen LogP contribution in [0.5, 0.6) is 0 Å². The molecule has 0 atom stereocenters. The summed E-state index contributed by atoms with van der Waals surface area (Å²) in [7, 11) is 2.11. The molecule has 0 unspecified atom stereocenters. The summed E-state index contributed by atoms with van der Waals surface area (Å²) in [5, 5.41) is 8.72. The van der Waals surface area contributed by atoms with Crippen LogP contribution in [-0.2, 0) is 13.1 Å². The van der Waals surface area contributed by atoms with E-state index in [1.54, 1.807) is 0 Å². The summed E-state index contributed by atoms with van der Waals surface area (Å²) in [6.07, 6.45) is 1.11. The number of rotatable bonds is 7. The molecule has 2 aromatic rings. The summed E-state index contributed by atoms with van der Waals surface area (Å²) in [5.74, 6) is 0. The monoisotopic (exact) mass is 290 g/mol. The van der Waals surface area contributed by atoms with Gasteiger partial charge < -0.3 is 5.32 Å². The third kappa shape index (κ3) is 4.28. The van der Waals surface area contributed by atoms with Gasteiger partial charge in [-0.15, -0.1) is 5.10 Å². The summed E-state index contributed by atoms with van der Waals surface area (Å²) in [4.78, 5) is 2.26. The van der Waals surface area contributed by atoms with Gasteiger partial charge in [0, 0.05) is 31.2 Å². The minimum Gasteiger partial charge on any atom is -0.374 e. The Morgan fingerprint density at radius 1 is 1.20 bits per heavy atom. The van der Waals surface area contributed by atoms with Crippen LogP contribution in [0.2, 0.25) is 0 Å². The van der Waals surface area contributed by atoms with Gasteiger partial charge in [0.05, 0.1) is 0 Å². The van der Waals surface area contributed by atoms with E-state index in [0.717, 1.165) is 36.8 Å². The Bertz CT molecular complexity index is 521. The van der Waals surface area contributed by atoms with E-state index in [2.05, 4.69) is 65.0 Å². The van der Waals surface area contributed by atoms with Crippen molar-refractivity contribution < 1.29 is 0 Å². The fourth-order valence-electron chi connectivity index (χ4n) is 2.00. The second kappa shape index (κ2) is 7.36. The van der Waals surface area contributed by atoms with Crippen molar-refractivity contribution >= 4 is 16.5 Å². The first kappa shape index (κ1) is 14.9. The average molecular weight is 290 g/mol. The minimum atomic E-state index is 0.816. The quantitative estimate of drug-likeness (QED) is 0.849. The molecule has 0 aliphatic rings. The zero-order valence-corrected chi connectivity index (χ0v) is 13.2. The van der Waals surface area contributed by atoms with Crippen molar-refractivity contribution in [2.24, 2.45) is 0 Å². The Labute approximate surface area is 125 Å². The molecule has 20 heavy (non-hydrogen) atoms. The van der Waals surface area contributed by atoms with Gasteiger partial charge in [-0.25, -0.2) is 0 Å². The number of benzene rings is 1. The van der Waals surface area contributed by atoms with Crippen molar-refractivity contribution in [2.45, 2.75) is 33.4 Å². The zero-order valence-electron chi connectivity index (χ0n) is 12.4.